The van der Waals surface area contributed by atoms with E-state index in [1.165, 1.54) is 23.4 Å². The van der Waals surface area contributed by atoms with Crippen LogP contribution in [0.25, 0.3) is 0 Å². The second-order valence-corrected chi connectivity index (χ2v) is 4.96. The maximum atomic E-state index is 13.0. The number of pyridine rings is 1. The normalized spacial score (nSPS) is 22.9. The van der Waals surface area contributed by atoms with Crippen LogP contribution in [-0.4, -0.2) is 41.5 Å². The number of hydrogen-bond acceptors (Lipinski definition) is 4. The number of carbonyl (C=O) groups is 1. The average Bonchev–Trinajstić information content (AvgIpc) is 2.37. The van der Waals surface area contributed by atoms with Crippen LogP contribution in [0.5, 0.6) is 0 Å². The molecule has 0 aromatic carbocycles. The molecular weight excluding hydrogens is 289 g/mol. The fourth-order valence-electron chi connectivity index (χ4n) is 2.50. The van der Waals surface area contributed by atoms with Gasteiger partial charge in [0.05, 0.1) is 29.5 Å². The van der Waals surface area contributed by atoms with Gasteiger partial charge in [0.1, 0.15) is 0 Å². The third-order valence-electron chi connectivity index (χ3n) is 3.41. The number of hydrogen-bond donors (Lipinski definition) is 3. The van der Waals surface area contributed by atoms with Gasteiger partial charge >= 0.3 is 12.3 Å². The van der Waals surface area contributed by atoms with Crippen molar-refractivity contribution in [1.29, 1.82) is 0 Å². The van der Waals surface area contributed by atoms with Gasteiger partial charge in [0.2, 0.25) is 0 Å². The molecule has 0 aliphatic carbocycles. The number of halogens is 3. The highest BCUT2D eigenvalue weighted by Gasteiger charge is 2.45. The van der Waals surface area contributed by atoms with E-state index in [0.717, 1.165) is 0 Å². The van der Waals surface area contributed by atoms with Gasteiger partial charge in [-0.1, -0.05) is 0 Å². The summed E-state index contributed by atoms with van der Waals surface area (Å²) in [4.78, 5) is 15.9. The van der Waals surface area contributed by atoms with E-state index in [2.05, 4.69) is 10.3 Å². The highest BCUT2D eigenvalue weighted by atomic mass is 19.4. The first-order valence-electron chi connectivity index (χ1n) is 6.28. The lowest BCUT2D eigenvalue weighted by Crippen LogP contribution is -2.53. The molecule has 0 bridgehead atoms. The lowest BCUT2D eigenvalue weighted by Gasteiger charge is -2.39. The van der Waals surface area contributed by atoms with E-state index in [1.807, 2.05) is 0 Å². The van der Waals surface area contributed by atoms with E-state index in [4.69, 9.17) is 10.8 Å². The number of nitrogen functional groups attached to an aromatic ring is 1. The van der Waals surface area contributed by atoms with E-state index in [-0.39, 0.29) is 25.2 Å². The molecule has 2 rings (SSSR count). The molecule has 0 radical (unpaired) electrons. The number of rotatable bonds is 2. The highest BCUT2D eigenvalue weighted by Crippen LogP contribution is 2.36. The van der Waals surface area contributed by atoms with Gasteiger partial charge in [-0.05, 0) is 12.5 Å². The van der Waals surface area contributed by atoms with Gasteiger partial charge < -0.3 is 21.1 Å². The summed E-state index contributed by atoms with van der Waals surface area (Å²) < 4.78 is 39.0. The van der Waals surface area contributed by atoms with Gasteiger partial charge in [0.15, 0.2) is 0 Å². The summed E-state index contributed by atoms with van der Waals surface area (Å²) in [7, 11) is 0. The molecule has 1 fully saturated rings. The summed E-state index contributed by atoms with van der Waals surface area (Å²) in [5.41, 5.74) is 6.42. The van der Waals surface area contributed by atoms with Gasteiger partial charge in [0.25, 0.3) is 0 Å². The van der Waals surface area contributed by atoms with E-state index in [0.29, 0.717) is 5.69 Å². The molecule has 1 saturated heterocycles. The number of carboxylic acid groups (broad SMARTS) is 1. The monoisotopic (exact) mass is 304 g/mol. The summed E-state index contributed by atoms with van der Waals surface area (Å²) in [5.74, 6) is -1.62. The number of nitrogens with zero attached hydrogens (tertiary/aromatic N) is 2. The number of anilines is 2. The molecule has 6 nitrogen and oxygen atoms in total. The van der Waals surface area contributed by atoms with E-state index >= 15 is 0 Å². The topological polar surface area (TPSA) is 91.5 Å². The van der Waals surface area contributed by atoms with Gasteiger partial charge in [-0.3, -0.25) is 4.98 Å². The molecule has 0 spiro atoms. The first kappa shape index (κ1) is 15.2. The molecule has 9 heteroatoms. The largest absolute Gasteiger partial charge is 0.465 e. The van der Waals surface area contributed by atoms with Crippen LogP contribution >= 0.6 is 0 Å². The summed E-state index contributed by atoms with van der Waals surface area (Å²) in [6.07, 6.45) is -3.23. The Labute approximate surface area is 118 Å². The van der Waals surface area contributed by atoms with Crippen molar-refractivity contribution in [3.63, 3.8) is 0 Å². The second-order valence-electron chi connectivity index (χ2n) is 4.96. The van der Waals surface area contributed by atoms with Crippen LogP contribution in [0.3, 0.4) is 0 Å². The molecular formula is C12H15F3N4O2. The van der Waals surface area contributed by atoms with Crippen molar-refractivity contribution in [1.82, 2.24) is 10.3 Å². The van der Waals surface area contributed by atoms with Crippen LogP contribution in [0.1, 0.15) is 6.42 Å². The van der Waals surface area contributed by atoms with Crippen LogP contribution in [0, 0.1) is 5.92 Å². The number of nitrogens with two attached hydrogens (primary N) is 1. The van der Waals surface area contributed by atoms with Crippen molar-refractivity contribution < 1.29 is 23.1 Å². The Kier molecular flexibility index (Phi) is 4.10. The Balaban J connectivity index is 2.24. The molecule has 21 heavy (non-hydrogen) atoms. The molecule has 1 aromatic rings. The maximum absolute atomic E-state index is 13.0. The zero-order chi connectivity index (χ0) is 15.6. The number of piperidine rings is 1. The fraction of sp³-hybridized carbons (Fsp3) is 0.500. The van der Waals surface area contributed by atoms with E-state index in [9.17, 15) is 18.0 Å². The third-order valence-corrected chi connectivity index (χ3v) is 3.41. The van der Waals surface area contributed by atoms with Crippen molar-refractivity contribution >= 4 is 17.5 Å². The van der Waals surface area contributed by atoms with Crippen LogP contribution < -0.4 is 16.0 Å². The molecule has 1 amide bonds. The Hall–Kier alpha value is -2.19. The summed E-state index contributed by atoms with van der Waals surface area (Å²) in [5, 5.41) is 10.8. The molecule has 1 aromatic heterocycles. The van der Waals surface area contributed by atoms with Crippen molar-refractivity contribution in [3.8, 4) is 0 Å². The highest BCUT2D eigenvalue weighted by molar-refractivity contribution is 5.67. The zero-order valence-corrected chi connectivity index (χ0v) is 11.0. The van der Waals surface area contributed by atoms with Gasteiger partial charge in [0, 0.05) is 19.3 Å². The lowest BCUT2D eigenvalue weighted by atomic mass is 9.93. The van der Waals surface area contributed by atoms with Crippen molar-refractivity contribution in [2.45, 2.75) is 18.6 Å². The number of alkyl halides is 3. The van der Waals surface area contributed by atoms with E-state index < -0.39 is 24.2 Å². The molecule has 1 aliphatic rings. The Bertz CT molecular complexity index is 523. The van der Waals surface area contributed by atoms with E-state index in [1.54, 1.807) is 0 Å². The van der Waals surface area contributed by atoms with Crippen molar-refractivity contribution in [2.24, 2.45) is 5.92 Å². The Morgan fingerprint density at radius 3 is 2.76 bits per heavy atom. The smallest absolute Gasteiger partial charge is 0.404 e. The van der Waals surface area contributed by atoms with Gasteiger partial charge in [-0.2, -0.15) is 13.2 Å². The fourth-order valence-corrected chi connectivity index (χ4v) is 2.50. The van der Waals surface area contributed by atoms with Gasteiger partial charge in [-0.25, -0.2) is 4.79 Å². The Morgan fingerprint density at radius 1 is 1.48 bits per heavy atom. The van der Waals surface area contributed by atoms with Crippen LogP contribution in [0.2, 0.25) is 0 Å². The first-order chi connectivity index (χ1) is 9.77. The predicted octanol–water partition coefficient (Wildman–Crippen LogP) is 1.69. The van der Waals surface area contributed by atoms with Crippen LogP contribution in [-0.2, 0) is 0 Å². The quantitative estimate of drug-likeness (QED) is 0.773. The average molecular weight is 304 g/mol. The standard InChI is InChI=1S/C12H15F3N4O2/c13-12(14,15)7-3-8(18-11(20)21)6-19(5-7)10-1-2-17-4-9(10)16/h1-2,4,7-8,18H,3,5-6,16H2,(H,20,21)/t7-,8+/m0/s1. The minimum Gasteiger partial charge on any atom is -0.465 e. The summed E-state index contributed by atoms with van der Waals surface area (Å²) in [6.45, 7) is -0.122. The molecule has 116 valence electrons. The Morgan fingerprint density at radius 2 is 2.19 bits per heavy atom. The third kappa shape index (κ3) is 3.67. The molecule has 0 saturated carbocycles. The van der Waals surface area contributed by atoms with Gasteiger partial charge in [-0.15, -0.1) is 0 Å². The first-order valence-corrected chi connectivity index (χ1v) is 6.28. The predicted molar refractivity (Wildman–Crippen MR) is 70.0 cm³/mol. The minimum atomic E-state index is -4.39. The molecule has 0 unspecified atom stereocenters. The van der Waals surface area contributed by atoms with Crippen LogP contribution in [0.4, 0.5) is 29.3 Å². The zero-order valence-electron chi connectivity index (χ0n) is 11.0. The van der Waals surface area contributed by atoms with Crippen molar-refractivity contribution in [2.75, 3.05) is 23.7 Å². The second kappa shape index (κ2) is 5.66. The minimum absolute atomic E-state index is 0.132. The number of nitrogens with one attached hydrogen (secondary N) is 1. The SMILES string of the molecule is Nc1cnccc1N1C[C@H](NC(=O)O)C[C@H](C(F)(F)F)C1. The van der Waals surface area contributed by atoms with Crippen molar-refractivity contribution in [3.05, 3.63) is 18.5 Å². The summed E-state index contributed by atoms with van der Waals surface area (Å²) in [6, 6.07) is 0.710. The molecule has 2 atom stereocenters. The molecule has 1 aliphatic heterocycles. The molecule has 4 N–H and O–H groups in total. The number of amides is 1. The molecule has 2 heterocycles. The maximum Gasteiger partial charge on any atom is 0.404 e. The van der Waals surface area contributed by atoms with Crippen LogP contribution in [0.15, 0.2) is 18.5 Å². The lowest BCUT2D eigenvalue weighted by molar-refractivity contribution is -0.177. The summed E-state index contributed by atoms with van der Waals surface area (Å²) >= 11 is 0. The number of aromatic nitrogens is 1.